The zero-order valence-corrected chi connectivity index (χ0v) is 15.7. The van der Waals surface area contributed by atoms with E-state index in [0.29, 0.717) is 10.7 Å². The predicted molar refractivity (Wildman–Crippen MR) is 98.2 cm³/mol. The number of benzene rings is 1. The molecule has 1 aromatic heterocycles. The topological polar surface area (TPSA) is 75.2 Å². The number of sulfonamides is 1. The molecule has 0 saturated carbocycles. The molecule has 0 bridgehead atoms. The van der Waals surface area contributed by atoms with Crippen molar-refractivity contribution < 1.29 is 8.42 Å². The van der Waals surface area contributed by atoms with Crippen LogP contribution < -0.4 is 9.62 Å². The second-order valence-electron chi connectivity index (χ2n) is 6.57. The van der Waals surface area contributed by atoms with Gasteiger partial charge in [-0.3, -0.25) is 0 Å². The van der Waals surface area contributed by atoms with E-state index in [1.807, 2.05) is 26.0 Å². The van der Waals surface area contributed by atoms with Crippen LogP contribution in [0.25, 0.3) is 0 Å². The maximum absolute atomic E-state index is 12.6. The van der Waals surface area contributed by atoms with Crippen LogP contribution in [0.3, 0.4) is 0 Å². The summed E-state index contributed by atoms with van der Waals surface area (Å²) >= 11 is 0. The summed E-state index contributed by atoms with van der Waals surface area (Å²) in [5, 5.41) is 0. The average Bonchev–Trinajstić information content (AvgIpc) is 3.07. The fourth-order valence-corrected chi connectivity index (χ4v) is 4.34. The number of nitrogens with one attached hydrogen (secondary N) is 1. The van der Waals surface area contributed by atoms with Gasteiger partial charge in [-0.2, -0.15) is 0 Å². The first-order valence-corrected chi connectivity index (χ1v) is 10.00. The van der Waals surface area contributed by atoms with Crippen molar-refractivity contribution in [1.29, 1.82) is 0 Å². The molecule has 1 fully saturated rings. The van der Waals surface area contributed by atoms with Crippen molar-refractivity contribution in [3.63, 3.8) is 0 Å². The number of hydrogen-bond acceptors (Lipinski definition) is 5. The van der Waals surface area contributed by atoms with Gasteiger partial charge in [0.15, 0.2) is 0 Å². The molecule has 0 amide bonds. The third kappa shape index (κ3) is 4.16. The maximum Gasteiger partial charge on any atom is 0.241 e. The molecular weight excluding hydrogens is 336 g/mol. The van der Waals surface area contributed by atoms with Crippen LogP contribution in [-0.4, -0.2) is 31.5 Å². The van der Waals surface area contributed by atoms with E-state index in [9.17, 15) is 8.42 Å². The molecule has 2 heterocycles. The third-order valence-corrected chi connectivity index (χ3v) is 5.92. The lowest BCUT2D eigenvalue weighted by Gasteiger charge is -2.17. The zero-order valence-electron chi connectivity index (χ0n) is 14.9. The molecule has 25 heavy (non-hydrogen) atoms. The second kappa shape index (κ2) is 7.09. The highest BCUT2D eigenvalue weighted by Crippen LogP contribution is 2.19. The monoisotopic (exact) mass is 360 g/mol. The van der Waals surface area contributed by atoms with Gasteiger partial charge in [0, 0.05) is 24.8 Å². The Morgan fingerprint density at radius 2 is 1.80 bits per heavy atom. The van der Waals surface area contributed by atoms with Crippen LogP contribution in [0.15, 0.2) is 29.2 Å². The van der Waals surface area contributed by atoms with Crippen molar-refractivity contribution in [2.75, 3.05) is 18.0 Å². The predicted octanol–water partition coefficient (Wildman–Crippen LogP) is 2.48. The van der Waals surface area contributed by atoms with E-state index in [1.165, 1.54) is 0 Å². The van der Waals surface area contributed by atoms with Crippen molar-refractivity contribution in [2.24, 2.45) is 0 Å². The van der Waals surface area contributed by atoms with Gasteiger partial charge in [0.1, 0.15) is 11.6 Å². The Kier molecular flexibility index (Phi) is 5.06. The van der Waals surface area contributed by atoms with Crippen molar-refractivity contribution in [1.82, 2.24) is 14.7 Å². The van der Waals surface area contributed by atoms with Crippen molar-refractivity contribution >= 4 is 15.8 Å². The van der Waals surface area contributed by atoms with E-state index in [-0.39, 0.29) is 6.54 Å². The number of aryl methyl sites for hydroxylation is 3. The van der Waals surface area contributed by atoms with Crippen molar-refractivity contribution in [3.8, 4) is 0 Å². The molecule has 1 aliphatic heterocycles. The minimum atomic E-state index is -3.59. The second-order valence-corrected chi connectivity index (χ2v) is 8.31. The standard InChI is InChI=1S/C18H24N4O2S/c1-13-6-7-16(14(2)10-13)25(23,24)19-12-17-20-15(3)11-18(21-17)22-8-4-5-9-22/h6-7,10-11,19H,4-5,8-9,12H2,1-3H3. The molecular formula is C18H24N4O2S. The molecule has 0 aliphatic carbocycles. The lowest BCUT2D eigenvalue weighted by molar-refractivity contribution is 0.578. The zero-order chi connectivity index (χ0) is 18.0. The molecule has 0 spiro atoms. The lowest BCUT2D eigenvalue weighted by Crippen LogP contribution is -2.26. The summed E-state index contributed by atoms with van der Waals surface area (Å²) in [7, 11) is -3.59. The Balaban J connectivity index is 1.78. The summed E-state index contributed by atoms with van der Waals surface area (Å²) in [6.45, 7) is 7.71. The van der Waals surface area contributed by atoms with Gasteiger partial charge in [0.05, 0.1) is 11.4 Å². The lowest BCUT2D eigenvalue weighted by atomic mass is 10.2. The first-order valence-electron chi connectivity index (χ1n) is 8.51. The van der Waals surface area contributed by atoms with Crippen LogP contribution in [0.4, 0.5) is 5.82 Å². The van der Waals surface area contributed by atoms with Crippen LogP contribution >= 0.6 is 0 Å². The molecule has 0 unspecified atom stereocenters. The van der Waals surface area contributed by atoms with Gasteiger partial charge >= 0.3 is 0 Å². The molecule has 1 aliphatic rings. The fraction of sp³-hybridized carbons (Fsp3) is 0.444. The third-order valence-electron chi connectivity index (χ3n) is 4.36. The van der Waals surface area contributed by atoms with Gasteiger partial charge in [-0.15, -0.1) is 0 Å². The van der Waals surface area contributed by atoms with Crippen molar-refractivity contribution in [2.45, 2.75) is 45.1 Å². The summed E-state index contributed by atoms with van der Waals surface area (Å²) in [5.74, 6) is 1.38. The maximum atomic E-state index is 12.6. The Labute approximate surface area is 149 Å². The number of rotatable bonds is 5. The molecule has 1 N–H and O–H groups in total. The SMILES string of the molecule is Cc1ccc(S(=O)(=O)NCc2nc(C)cc(N3CCCC3)n2)c(C)c1. The first-order chi connectivity index (χ1) is 11.8. The van der Waals surface area contributed by atoms with Crippen molar-refractivity contribution in [3.05, 3.63) is 46.9 Å². The first kappa shape index (κ1) is 17.8. The normalized spacial score (nSPS) is 14.9. The summed E-state index contributed by atoms with van der Waals surface area (Å²) < 4.78 is 27.8. The Morgan fingerprint density at radius 3 is 2.48 bits per heavy atom. The number of aromatic nitrogens is 2. The Morgan fingerprint density at radius 1 is 1.08 bits per heavy atom. The molecule has 3 rings (SSSR count). The van der Waals surface area contributed by atoms with E-state index < -0.39 is 10.0 Å². The fourth-order valence-electron chi connectivity index (χ4n) is 3.14. The summed E-state index contributed by atoms with van der Waals surface area (Å²) in [6.07, 6.45) is 2.33. The van der Waals surface area contributed by atoms with E-state index >= 15 is 0 Å². The van der Waals surface area contributed by atoms with E-state index in [2.05, 4.69) is 19.6 Å². The Bertz CT molecular complexity index is 875. The summed E-state index contributed by atoms with van der Waals surface area (Å²) in [5.41, 5.74) is 2.61. The summed E-state index contributed by atoms with van der Waals surface area (Å²) in [6, 6.07) is 7.26. The smallest absolute Gasteiger partial charge is 0.241 e. The molecule has 2 aromatic rings. The quantitative estimate of drug-likeness (QED) is 0.887. The van der Waals surface area contributed by atoms with Gasteiger partial charge in [0.25, 0.3) is 0 Å². The van der Waals surface area contributed by atoms with Crippen LogP contribution in [-0.2, 0) is 16.6 Å². The largest absolute Gasteiger partial charge is 0.357 e. The molecule has 1 saturated heterocycles. The highest BCUT2D eigenvalue weighted by molar-refractivity contribution is 7.89. The van der Waals surface area contributed by atoms with Gasteiger partial charge in [0.2, 0.25) is 10.0 Å². The number of hydrogen-bond donors (Lipinski definition) is 1. The number of anilines is 1. The number of nitrogens with zero attached hydrogens (tertiary/aromatic N) is 3. The van der Waals surface area contributed by atoms with Crippen LogP contribution in [0.1, 0.15) is 35.5 Å². The minimum Gasteiger partial charge on any atom is -0.357 e. The average molecular weight is 360 g/mol. The van der Waals surface area contributed by atoms with Crippen LogP contribution in [0, 0.1) is 20.8 Å². The molecule has 134 valence electrons. The highest BCUT2D eigenvalue weighted by atomic mass is 32.2. The van der Waals surface area contributed by atoms with Crippen LogP contribution in [0.2, 0.25) is 0 Å². The van der Waals surface area contributed by atoms with Gasteiger partial charge in [-0.1, -0.05) is 17.7 Å². The molecule has 0 atom stereocenters. The van der Waals surface area contributed by atoms with Gasteiger partial charge in [-0.25, -0.2) is 23.1 Å². The van der Waals surface area contributed by atoms with E-state index in [1.54, 1.807) is 19.1 Å². The molecule has 0 radical (unpaired) electrons. The highest BCUT2D eigenvalue weighted by Gasteiger charge is 2.19. The van der Waals surface area contributed by atoms with Gasteiger partial charge in [-0.05, 0) is 45.2 Å². The van der Waals surface area contributed by atoms with Gasteiger partial charge < -0.3 is 4.90 Å². The Hall–Kier alpha value is -1.99. The minimum absolute atomic E-state index is 0.0815. The van der Waals surface area contributed by atoms with E-state index in [0.717, 1.165) is 48.6 Å². The molecule has 6 nitrogen and oxygen atoms in total. The van der Waals surface area contributed by atoms with E-state index in [4.69, 9.17) is 0 Å². The molecule has 7 heteroatoms. The van der Waals surface area contributed by atoms with Crippen LogP contribution in [0.5, 0.6) is 0 Å². The summed E-state index contributed by atoms with van der Waals surface area (Å²) in [4.78, 5) is 11.4. The molecule has 1 aromatic carbocycles.